The number of nitro benzene ring substituents is 2. The number of nitrogens with one attached hydrogen (secondary N) is 2. The topological polar surface area (TPSA) is 153 Å². The second-order valence-corrected chi connectivity index (χ2v) is 6.18. The molecule has 1 aromatic heterocycles. The van der Waals surface area contributed by atoms with E-state index in [1.165, 1.54) is 37.3 Å². The molecule has 0 fully saturated rings. The number of rotatable bonds is 7. The van der Waals surface area contributed by atoms with Crippen molar-refractivity contribution in [2.75, 3.05) is 5.32 Å². The molecule has 0 unspecified atom stereocenters. The molecule has 31 heavy (non-hydrogen) atoms. The number of benzene rings is 2. The van der Waals surface area contributed by atoms with Crippen molar-refractivity contribution in [3.05, 3.63) is 74.0 Å². The van der Waals surface area contributed by atoms with E-state index in [2.05, 4.69) is 20.3 Å². The van der Waals surface area contributed by atoms with E-state index in [1.807, 2.05) is 0 Å². The Morgan fingerprint density at radius 3 is 2.19 bits per heavy atom. The van der Waals surface area contributed by atoms with Crippen LogP contribution in [0.4, 0.5) is 25.8 Å². The average molecular weight is 433 g/mol. The van der Waals surface area contributed by atoms with Crippen LogP contribution in [0.1, 0.15) is 16.1 Å². The van der Waals surface area contributed by atoms with Crippen LogP contribution in [0, 0.1) is 27.2 Å². The summed E-state index contributed by atoms with van der Waals surface area (Å²) in [6.45, 7) is -1.72. The second-order valence-electron chi connectivity index (χ2n) is 6.18. The minimum absolute atomic E-state index is 0.0335. The maximum Gasteiger partial charge on any atom is 0.387 e. The van der Waals surface area contributed by atoms with Gasteiger partial charge in [-0.25, -0.2) is 0 Å². The molecular weight excluding hydrogens is 420 g/mol. The van der Waals surface area contributed by atoms with Crippen LogP contribution in [0.2, 0.25) is 0 Å². The Hall–Kier alpha value is -4.42. The predicted molar refractivity (Wildman–Crippen MR) is 103 cm³/mol. The van der Waals surface area contributed by atoms with Crippen LogP contribution >= 0.6 is 0 Å². The summed E-state index contributed by atoms with van der Waals surface area (Å²) in [6, 6.07) is 8.92. The number of anilines is 1. The smallest absolute Gasteiger partial charge is 0.387 e. The summed E-state index contributed by atoms with van der Waals surface area (Å²) in [5.74, 6) is -0.793. The summed E-state index contributed by atoms with van der Waals surface area (Å²) in [7, 11) is 0. The maximum atomic E-state index is 12.5. The molecule has 0 saturated heterocycles. The van der Waals surface area contributed by atoms with Gasteiger partial charge in [-0.3, -0.25) is 30.1 Å². The maximum absolute atomic E-state index is 12.5. The molecule has 0 aliphatic carbocycles. The van der Waals surface area contributed by atoms with E-state index in [4.69, 9.17) is 0 Å². The van der Waals surface area contributed by atoms with Crippen LogP contribution in [0.3, 0.4) is 0 Å². The first-order valence-corrected chi connectivity index (χ1v) is 8.51. The van der Waals surface area contributed by atoms with Gasteiger partial charge in [0.1, 0.15) is 17.0 Å². The lowest BCUT2D eigenvalue weighted by Crippen LogP contribution is -2.13. The zero-order valence-corrected chi connectivity index (χ0v) is 15.7. The monoisotopic (exact) mass is 433 g/mol. The van der Waals surface area contributed by atoms with Gasteiger partial charge >= 0.3 is 6.61 Å². The number of amides is 1. The molecular formula is C18H13F2N5O6. The lowest BCUT2D eigenvalue weighted by Gasteiger charge is -2.06. The van der Waals surface area contributed by atoms with Gasteiger partial charge < -0.3 is 10.1 Å². The van der Waals surface area contributed by atoms with Crippen molar-refractivity contribution in [1.82, 2.24) is 10.2 Å². The number of nitrogens with zero attached hydrogens (tertiary/aromatic N) is 3. The van der Waals surface area contributed by atoms with Gasteiger partial charge in [0.2, 0.25) is 0 Å². The first-order valence-electron chi connectivity index (χ1n) is 8.51. The summed E-state index contributed by atoms with van der Waals surface area (Å²) >= 11 is 0. The molecule has 160 valence electrons. The van der Waals surface area contributed by atoms with Crippen molar-refractivity contribution in [2.24, 2.45) is 0 Å². The predicted octanol–water partition coefficient (Wildman–Crippen LogP) is 4.06. The fraction of sp³-hybridized carbons (Fsp3) is 0.111. The fourth-order valence-corrected chi connectivity index (χ4v) is 2.73. The minimum atomic E-state index is -2.96. The number of hydrogen-bond acceptors (Lipinski definition) is 7. The van der Waals surface area contributed by atoms with Crippen LogP contribution in [-0.2, 0) is 0 Å². The zero-order chi connectivity index (χ0) is 22.7. The van der Waals surface area contributed by atoms with Gasteiger partial charge in [0.15, 0.2) is 0 Å². The zero-order valence-electron chi connectivity index (χ0n) is 15.7. The lowest BCUT2D eigenvalue weighted by atomic mass is 10.1. The standard InChI is InChI=1S/C18H13F2N5O6/c1-9-15(24(27)28)6-11(7-16(9)25(29)30)21-17(26)14-8-13(22-23-14)10-2-4-12(5-3-10)31-18(19)20/h2-8,18H,1H3,(H,21,26)(H,22,23). The molecule has 13 heteroatoms. The quantitative estimate of drug-likeness (QED) is 0.421. The van der Waals surface area contributed by atoms with E-state index < -0.39 is 33.7 Å². The van der Waals surface area contributed by atoms with Gasteiger partial charge in [-0.05, 0) is 37.3 Å². The average Bonchev–Trinajstić information content (AvgIpc) is 3.19. The van der Waals surface area contributed by atoms with Crippen molar-refractivity contribution in [3.63, 3.8) is 0 Å². The largest absolute Gasteiger partial charge is 0.435 e. The highest BCUT2D eigenvalue weighted by Crippen LogP contribution is 2.32. The number of hydrogen-bond donors (Lipinski definition) is 2. The Morgan fingerprint density at radius 1 is 1.10 bits per heavy atom. The third-order valence-corrected chi connectivity index (χ3v) is 4.20. The van der Waals surface area contributed by atoms with Crippen molar-refractivity contribution in [2.45, 2.75) is 13.5 Å². The third kappa shape index (κ3) is 4.77. The summed E-state index contributed by atoms with van der Waals surface area (Å²) in [4.78, 5) is 33.2. The van der Waals surface area contributed by atoms with Gasteiger partial charge in [-0.15, -0.1) is 0 Å². The van der Waals surface area contributed by atoms with Crippen LogP contribution < -0.4 is 10.1 Å². The highest BCUT2D eigenvalue weighted by molar-refractivity contribution is 6.03. The normalized spacial score (nSPS) is 10.7. The van der Waals surface area contributed by atoms with E-state index in [9.17, 15) is 33.8 Å². The number of H-pyrrole nitrogens is 1. The fourth-order valence-electron chi connectivity index (χ4n) is 2.73. The third-order valence-electron chi connectivity index (χ3n) is 4.20. The van der Waals surface area contributed by atoms with E-state index >= 15 is 0 Å². The van der Waals surface area contributed by atoms with Gasteiger partial charge in [0.25, 0.3) is 17.3 Å². The highest BCUT2D eigenvalue weighted by atomic mass is 19.3. The number of aromatic amines is 1. The number of halogens is 2. The molecule has 0 spiro atoms. The van der Waals surface area contributed by atoms with Crippen molar-refractivity contribution < 1.29 is 28.2 Å². The summed E-state index contributed by atoms with van der Waals surface area (Å²) in [5.41, 5.74) is -0.529. The molecule has 0 radical (unpaired) electrons. The van der Waals surface area contributed by atoms with Crippen molar-refractivity contribution in [3.8, 4) is 17.0 Å². The second kappa shape index (κ2) is 8.52. The number of nitro groups is 2. The minimum Gasteiger partial charge on any atom is -0.435 e. The van der Waals surface area contributed by atoms with Crippen molar-refractivity contribution in [1.29, 1.82) is 0 Å². The Kier molecular flexibility index (Phi) is 5.85. The van der Waals surface area contributed by atoms with Crippen LogP contribution in [0.15, 0.2) is 42.5 Å². The molecule has 1 amide bonds. The van der Waals surface area contributed by atoms with Crippen LogP contribution in [0.25, 0.3) is 11.3 Å². The Balaban J connectivity index is 1.82. The van der Waals surface area contributed by atoms with E-state index in [0.29, 0.717) is 11.3 Å². The summed E-state index contributed by atoms with van der Waals surface area (Å²) in [6.07, 6.45) is 0. The molecule has 0 saturated carbocycles. The Labute approximate surface area is 171 Å². The number of carbonyl (C=O) groups excluding carboxylic acids is 1. The molecule has 1 heterocycles. The van der Waals surface area contributed by atoms with Gasteiger partial charge in [-0.2, -0.15) is 13.9 Å². The molecule has 2 N–H and O–H groups in total. The van der Waals surface area contributed by atoms with E-state index in [0.717, 1.165) is 12.1 Å². The summed E-state index contributed by atoms with van der Waals surface area (Å²) in [5, 5.41) is 31.1. The number of alkyl halides is 2. The molecule has 3 aromatic rings. The molecule has 0 aliphatic rings. The highest BCUT2D eigenvalue weighted by Gasteiger charge is 2.24. The van der Waals surface area contributed by atoms with Gasteiger partial charge in [0, 0.05) is 17.7 Å². The summed E-state index contributed by atoms with van der Waals surface area (Å²) < 4.78 is 28.7. The van der Waals surface area contributed by atoms with Crippen LogP contribution in [0.5, 0.6) is 5.75 Å². The van der Waals surface area contributed by atoms with E-state index in [-0.39, 0.29) is 22.7 Å². The molecule has 0 aliphatic heterocycles. The number of carbonyl (C=O) groups is 1. The Morgan fingerprint density at radius 2 is 1.68 bits per heavy atom. The molecule has 2 aromatic carbocycles. The van der Waals surface area contributed by atoms with Gasteiger partial charge in [0.05, 0.1) is 21.2 Å². The lowest BCUT2D eigenvalue weighted by molar-refractivity contribution is -0.395. The van der Waals surface area contributed by atoms with Gasteiger partial charge in [-0.1, -0.05) is 0 Å². The molecule has 0 bridgehead atoms. The SMILES string of the molecule is Cc1c([N+](=O)[O-])cc(NC(=O)c2cc(-c3ccc(OC(F)F)cc3)n[nH]2)cc1[N+](=O)[O-]. The first kappa shape index (κ1) is 21.3. The first-order chi connectivity index (χ1) is 14.7. The molecule has 11 nitrogen and oxygen atoms in total. The van der Waals surface area contributed by atoms with E-state index in [1.54, 1.807) is 0 Å². The van der Waals surface area contributed by atoms with Crippen LogP contribution in [-0.4, -0.2) is 32.6 Å². The number of ether oxygens (including phenoxy) is 1. The number of aromatic nitrogens is 2. The molecule has 3 rings (SSSR count). The molecule has 0 atom stereocenters. The van der Waals surface area contributed by atoms with Crippen molar-refractivity contribution >= 4 is 23.0 Å². The Bertz CT molecular complexity index is 1130.